The highest BCUT2D eigenvalue weighted by atomic mass is 79.9. The van der Waals surface area contributed by atoms with Gasteiger partial charge in [-0.05, 0) is 24.6 Å². The molecule has 20 heavy (non-hydrogen) atoms. The van der Waals surface area contributed by atoms with Gasteiger partial charge < -0.3 is 0 Å². The van der Waals surface area contributed by atoms with Gasteiger partial charge >= 0.3 is 0 Å². The molecule has 1 heterocycles. The van der Waals surface area contributed by atoms with Crippen LogP contribution in [0.3, 0.4) is 0 Å². The van der Waals surface area contributed by atoms with Crippen LogP contribution in [0.15, 0.2) is 46.9 Å². The third-order valence-corrected chi connectivity index (χ3v) is 4.39. The normalized spacial score (nSPS) is 11.0. The van der Waals surface area contributed by atoms with Gasteiger partial charge in [-0.3, -0.25) is 0 Å². The van der Waals surface area contributed by atoms with E-state index in [-0.39, 0.29) is 11.3 Å². The molecule has 3 rings (SSSR count). The van der Waals surface area contributed by atoms with Crippen molar-refractivity contribution in [3.8, 4) is 11.3 Å². The molecule has 0 aliphatic carbocycles. The first-order chi connectivity index (χ1) is 9.59. The predicted molar refractivity (Wildman–Crippen MR) is 84.6 cm³/mol. The second-order valence-electron chi connectivity index (χ2n) is 4.52. The van der Waals surface area contributed by atoms with Crippen molar-refractivity contribution in [1.82, 2.24) is 4.98 Å². The Labute approximate surface area is 129 Å². The van der Waals surface area contributed by atoms with E-state index in [0.29, 0.717) is 16.1 Å². The van der Waals surface area contributed by atoms with E-state index in [2.05, 4.69) is 20.9 Å². The molecule has 3 aromatic rings. The largest absolute Gasteiger partial charge is 0.244 e. The Bertz CT molecular complexity index is 803. The van der Waals surface area contributed by atoms with E-state index in [1.807, 2.05) is 37.3 Å². The summed E-state index contributed by atoms with van der Waals surface area (Å²) in [6, 6.07) is 12.7. The van der Waals surface area contributed by atoms with Gasteiger partial charge in [0.1, 0.15) is 11.3 Å². The summed E-state index contributed by atoms with van der Waals surface area (Å²) >= 11 is 9.83. The first-order valence-electron chi connectivity index (χ1n) is 6.09. The van der Waals surface area contributed by atoms with Crippen molar-refractivity contribution in [3.05, 3.63) is 63.3 Å². The molecule has 2 aromatic carbocycles. The molecule has 1 nitrogen and oxygen atoms in total. The van der Waals surface area contributed by atoms with Crippen LogP contribution in [-0.2, 0) is 0 Å². The number of hydrogen-bond donors (Lipinski definition) is 0. The predicted octanol–water partition coefficient (Wildman–Crippen LogP) is 5.77. The fraction of sp³-hybridized carbons (Fsp3) is 0.0625. The van der Waals surface area contributed by atoms with E-state index in [1.165, 1.54) is 6.07 Å². The van der Waals surface area contributed by atoms with Gasteiger partial charge in [-0.25, -0.2) is 9.37 Å². The average molecular weight is 351 g/mol. The Morgan fingerprint density at radius 1 is 1.10 bits per heavy atom. The average Bonchev–Trinajstić information content (AvgIpc) is 2.47. The highest BCUT2D eigenvalue weighted by Crippen LogP contribution is 2.37. The zero-order valence-corrected chi connectivity index (χ0v) is 13.0. The fourth-order valence-corrected chi connectivity index (χ4v) is 3.14. The lowest BCUT2D eigenvalue weighted by Crippen LogP contribution is -1.95. The topological polar surface area (TPSA) is 12.9 Å². The van der Waals surface area contributed by atoms with Crippen LogP contribution in [0.2, 0.25) is 5.02 Å². The van der Waals surface area contributed by atoms with Crippen molar-refractivity contribution in [2.24, 2.45) is 0 Å². The second kappa shape index (κ2) is 5.15. The van der Waals surface area contributed by atoms with Crippen molar-refractivity contribution in [2.75, 3.05) is 0 Å². The molecule has 0 amide bonds. The molecule has 0 spiro atoms. The van der Waals surface area contributed by atoms with E-state index < -0.39 is 0 Å². The van der Waals surface area contributed by atoms with Gasteiger partial charge in [0, 0.05) is 15.4 Å². The SMILES string of the molecule is Cc1c(-c2ccccc2)nc2c(F)ccc(Br)c2c1Cl. The molecule has 0 saturated carbocycles. The van der Waals surface area contributed by atoms with E-state index >= 15 is 0 Å². The Hall–Kier alpha value is -1.45. The number of hydrogen-bond acceptors (Lipinski definition) is 1. The Balaban J connectivity index is 2.42. The molecule has 0 radical (unpaired) electrons. The molecular formula is C16H10BrClFN. The highest BCUT2D eigenvalue weighted by molar-refractivity contribution is 9.10. The molecule has 4 heteroatoms. The first kappa shape index (κ1) is 13.5. The molecule has 0 fully saturated rings. The van der Waals surface area contributed by atoms with Crippen molar-refractivity contribution >= 4 is 38.4 Å². The molecule has 0 N–H and O–H groups in total. The maximum Gasteiger partial charge on any atom is 0.149 e. The maximum atomic E-state index is 14.0. The molecule has 0 saturated heterocycles. The summed E-state index contributed by atoms with van der Waals surface area (Å²) in [5.41, 5.74) is 2.76. The van der Waals surface area contributed by atoms with Gasteiger partial charge in [-0.15, -0.1) is 0 Å². The summed E-state index contributed by atoms with van der Waals surface area (Å²) in [6.07, 6.45) is 0. The van der Waals surface area contributed by atoms with Crippen molar-refractivity contribution in [1.29, 1.82) is 0 Å². The highest BCUT2D eigenvalue weighted by Gasteiger charge is 2.16. The van der Waals surface area contributed by atoms with Crippen LogP contribution in [0, 0.1) is 12.7 Å². The lowest BCUT2D eigenvalue weighted by Gasteiger charge is -2.12. The maximum absolute atomic E-state index is 14.0. The standard InChI is InChI=1S/C16H10BrClFN/c1-9-14(18)13-11(17)7-8-12(19)16(13)20-15(9)10-5-3-2-4-6-10/h2-8H,1H3. The van der Waals surface area contributed by atoms with Crippen LogP contribution in [0.1, 0.15) is 5.56 Å². The van der Waals surface area contributed by atoms with Crippen LogP contribution >= 0.6 is 27.5 Å². The number of rotatable bonds is 1. The number of halogens is 3. The van der Waals surface area contributed by atoms with Crippen molar-refractivity contribution in [3.63, 3.8) is 0 Å². The summed E-state index contributed by atoms with van der Waals surface area (Å²) in [5, 5.41) is 1.14. The van der Waals surface area contributed by atoms with Crippen LogP contribution < -0.4 is 0 Å². The van der Waals surface area contributed by atoms with Gasteiger partial charge in [-0.1, -0.05) is 57.9 Å². The number of fused-ring (bicyclic) bond motifs is 1. The summed E-state index contributed by atoms with van der Waals surface area (Å²) in [4.78, 5) is 4.48. The Kier molecular flexibility index (Phi) is 3.48. The minimum Gasteiger partial charge on any atom is -0.244 e. The molecule has 0 aliphatic rings. The van der Waals surface area contributed by atoms with E-state index in [4.69, 9.17) is 11.6 Å². The van der Waals surface area contributed by atoms with Gasteiger partial charge in [-0.2, -0.15) is 0 Å². The number of aromatic nitrogens is 1. The van der Waals surface area contributed by atoms with E-state index in [0.717, 1.165) is 15.6 Å². The Morgan fingerprint density at radius 2 is 1.80 bits per heavy atom. The second-order valence-corrected chi connectivity index (χ2v) is 5.75. The number of nitrogens with zero attached hydrogens (tertiary/aromatic N) is 1. The minimum absolute atomic E-state index is 0.286. The van der Waals surface area contributed by atoms with Gasteiger partial charge in [0.2, 0.25) is 0 Å². The zero-order valence-electron chi connectivity index (χ0n) is 10.6. The molecule has 100 valence electrons. The zero-order chi connectivity index (χ0) is 14.3. The third-order valence-electron chi connectivity index (χ3n) is 3.25. The Morgan fingerprint density at radius 3 is 2.50 bits per heavy atom. The van der Waals surface area contributed by atoms with E-state index in [1.54, 1.807) is 6.07 Å². The van der Waals surface area contributed by atoms with Crippen LogP contribution in [-0.4, -0.2) is 4.98 Å². The van der Waals surface area contributed by atoms with Crippen LogP contribution in [0.4, 0.5) is 4.39 Å². The quantitative estimate of drug-likeness (QED) is 0.543. The molecule has 1 aromatic heterocycles. The first-order valence-corrected chi connectivity index (χ1v) is 7.26. The van der Waals surface area contributed by atoms with Gasteiger partial charge in [0.25, 0.3) is 0 Å². The summed E-state index contributed by atoms with van der Waals surface area (Å²) in [5.74, 6) is -0.373. The van der Waals surface area contributed by atoms with Crippen LogP contribution in [0.25, 0.3) is 22.2 Å². The molecule has 0 unspecified atom stereocenters. The monoisotopic (exact) mass is 349 g/mol. The summed E-state index contributed by atoms with van der Waals surface area (Å²) in [7, 11) is 0. The summed E-state index contributed by atoms with van der Waals surface area (Å²) in [6.45, 7) is 1.90. The fourth-order valence-electron chi connectivity index (χ4n) is 2.22. The molecule has 0 atom stereocenters. The van der Waals surface area contributed by atoms with Gasteiger partial charge in [0.15, 0.2) is 0 Å². The van der Waals surface area contributed by atoms with E-state index in [9.17, 15) is 4.39 Å². The van der Waals surface area contributed by atoms with Gasteiger partial charge in [0.05, 0.1) is 10.7 Å². The molecule has 0 bridgehead atoms. The lowest BCUT2D eigenvalue weighted by atomic mass is 10.0. The minimum atomic E-state index is -0.373. The number of benzene rings is 2. The van der Waals surface area contributed by atoms with Crippen LogP contribution in [0.5, 0.6) is 0 Å². The van der Waals surface area contributed by atoms with Crippen molar-refractivity contribution < 1.29 is 4.39 Å². The third kappa shape index (κ3) is 2.11. The molecule has 0 aliphatic heterocycles. The summed E-state index contributed by atoms with van der Waals surface area (Å²) < 4.78 is 14.8. The lowest BCUT2D eigenvalue weighted by molar-refractivity contribution is 0.636. The smallest absolute Gasteiger partial charge is 0.149 e. The van der Waals surface area contributed by atoms with Crippen molar-refractivity contribution in [2.45, 2.75) is 6.92 Å². The molecular weight excluding hydrogens is 341 g/mol. The number of pyridine rings is 1.